The predicted molar refractivity (Wildman–Crippen MR) is 60.3 cm³/mol. The fourth-order valence-electron chi connectivity index (χ4n) is 1.24. The molecule has 2 rings (SSSR count). The number of fused-ring (bicyclic) bond motifs is 1. The van der Waals surface area contributed by atoms with Crippen molar-refractivity contribution in [3.8, 4) is 0 Å². The Bertz CT molecular complexity index is 456. The van der Waals surface area contributed by atoms with Gasteiger partial charge in [-0.2, -0.15) is 0 Å². The molecule has 0 aliphatic carbocycles. The fourth-order valence-corrected chi connectivity index (χ4v) is 1.87. The van der Waals surface area contributed by atoms with E-state index in [4.69, 9.17) is 5.73 Å². The third kappa shape index (κ3) is 1.65. The summed E-state index contributed by atoms with van der Waals surface area (Å²) >= 11 is 1.62. The second-order valence-corrected chi connectivity index (χ2v) is 4.09. The maximum atomic E-state index is 5.78. The number of rotatable bonds is 2. The van der Waals surface area contributed by atoms with E-state index in [2.05, 4.69) is 16.9 Å². The van der Waals surface area contributed by atoms with E-state index in [9.17, 15) is 0 Å². The van der Waals surface area contributed by atoms with Gasteiger partial charge in [-0.05, 0) is 17.9 Å². The zero-order chi connectivity index (χ0) is 9.97. The molecule has 0 fully saturated rings. The minimum atomic E-state index is 0.524. The predicted octanol–water partition coefficient (Wildman–Crippen LogP) is 2.32. The molecule has 2 aromatic rings. The summed E-state index contributed by atoms with van der Waals surface area (Å²) < 4.78 is 0. The Kier molecular flexibility index (Phi) is 2.54. The molecule has 0 unspecified atom stereocenters. The van der Waals surface area contributed by atoms with Gasteiger partial charge in [0.25, 0.3) is 0 Å². The van der Waals surface area contributed by atoms with Crippen molar-refractivity contribution in [1.29, 1.82) is 0 Å². The molecule has 0 spiro atoms. The Balaban J connectivity index is 2.59. The smallest absolute Gasteiger partial charge is 0.156 e. The van der Waals surface area contributed by atoms with Crippen LogP contribution in [0.1, 0.15) is 6.92 Å². The molecule has 0 saturated carbocycles. The third-order valence-corrected chi connectivity index (χ3v) is 2.71. The lowest BCUT2D eigenvalue weighted by Crippen LogP contribution is -1.97. The zero-order valence-corrected chi connectivity index (χ0v) is 8.71. The van der Waals surface area contributed by atoms with E-state index in [1.54, 1.807) is 11.8 Å². The van der Waals surface area contributed by atoms with Crippen LogP contribution in [0.4, 0.5) is 5.82 Å². The van der Waals surface area contributed by atoms with Gasteiger partial charge in [-0.3, -0.25) is 0 Å². The highest BCUT2D eigenvalue weighted by Gasteiger charge is 2.04. The molecule has 0 amide bonds. The molecule has 1 aromatic heterocycles. The highest BCUT2D eigenvalue weighted by molar-refractivity contribution is 7.99. The van der Waals surface area contributed by atoms with Crippen molar-refractivity contribution >= 4 is 28.6 Å². The van der Waals surface area contributed by atoms with Crippen molar-refractivity contribution in [3.63, 3.8) is 0 Å². The SMILES string of the molecule is CCSc1nc2ccccc2nc1N. The van der Waals surface area contributed by atoms with Gasteiger partial charge in [0, 0.05) is 0 Å². The summed E-state index contributed by atoms with van der Waals surface area (Å²) in [6.07, 6.45) is 0. The topological polar surface area (TPSA) is 51.8 Å². The first kappa shape index (κ1) is 9.27. The molecule has 0 bridgehead atoms. The molecular formula is C10H11N3S. The quantitative estimate of drug-likeness (QED) is 0.764. The van der Waals surface area contributed by atoms with E-state index in [0.717, 1.165) is 21.8 Å². The number of benzene rings is 1. The van der Waals surface area contributed by atoms with Gasteiger partial charge in [0.2, 0.25) is 0 Å². The van der Waals surface area contributed by atoms with Crippen molar-refractivity contribution in [3.05, 3.63) is 24.3 Å². The lowest BCUT2D eigenvalue weighted by molar-refractivity contribution is 1.13. The van der Waals surface area contributed by atoms with E-state index >= 15 is 0 Å². The van der Waals surface area contributed by atoms with E-state index in [1.165, 1.54) is 0 Å². The van der Waals surface area contributed by atoms with Gasteiger partial charge in [0.15, 0.2) is 5.82 Å². The van der Waals surface area contributed by atoms with Crippen LogP contribution >= 0.6 is 11.8 Å². The van der Waals surface area contributed by atoms with E-state index < -0.39 is 0 Å². The average molecular weight is 205 g/mol. The van der Waals surface area contributed by atoms with Crippen LogP contribution in [0.25, 0.3) is 11.0 Å². The molecule has 0 atom stereocenters. The van der Waals surface area contributed by atoms with Crippen LogP contribution in [0.5, 0.6) is 0 Å². The number of nitrogens with two attached hydrogens (primary N) is 1. The van der Waals surface area contributed by atoms with Crippen LogP contribution < -0.4 is 5.73 Å². The lowest BCUT2D eigenvalue weighted by atomic mass is 10.3. The molecule has 0 aliphatic heterocycles. The van der Waals surface area contributed by atoms with Crippen LogP contribution in [0, 0.1) is 0 Å². The fraction of sp³-hybridized carbons (Fsp3) is 0.200. The van der Waals surface area contributed by atoms with Gasteiger partial charge in [-0.25, -0.2) is 9.97 Å². The third-order valence-electron chi connectivity index (χ3n) is 1.84. The number of nitrogens with zero attached hydrogens (tertiary/aromatic N) is 2. The number of aromatic nitrogens is 2. The summed E-state index contributed by atoms with van der Waals surface area (Å²) in [6.45, 7) is 2.07. The highest BCUT2D eigenvalue weighted by atomic mass is 32.2. The molecule has 1 heterocycles. The number of thioether (sulfide) groups is 1. The van der Waals surface area contributed by atoms with Gasteiger partial charge in [-0.1, -0.05) is 19.1 Å². The first-order valence-corrected chi connectivity index (χ1v) is 5.45. The van der Waals surface area contributed by atoms with Crippen molar-refractivity contribution in [2.24, 2.45) is 0 Å². The molecular weight excluding hydrogens is 194 g/mol. The largest absolute Gasteiger partial charge is 0.381 e. The van der Waals surface area contributed by atoms with Crippen LogP contribution in [-0.4, -0.2) is 15.7 Å². The maximum absolute atomic E-state index is 5.78. The molecule has 72 valence electrons. The Morgan fingerprint density at radius 2 is 1.86 bits per heavy atom. The summed E-state index contributed by atoms with van der Waals surface area (Å²) in [7, 11) is 0. The van der Waals surface area contributed by atoms with Gasteiger partial charge in [-0.15, -0.1) is 11.8 Å². The van der Waals surface area contributed by atoms with E-state index in [1.807, 2.05) is 24.3 Å². The number of nitrogen functional groups attached to an aromatic ring is 1. The van der Waals surface area contributed by atoms with Crippen molar-refractivity contribution in [2.75, 3.05) is 11.5 Å². The van der Waals surface area contributed by atoms with Gasteiger partial charge < -0.3 is 5.73 Å². The maximum Gasteiger partial charge on any atom is 0.156 e. The molecule has 0 aliphatic rings. The number of hydrogen-bond acceptors (Lipinski definition) is 4. The van der Waals surface area contributed by atoms with Crippen LogP contribution in [-0.2, 0) is 0 Å². The second kappa shape index (κ2) is 3.84. The molecule has 3 nitrogen and oxygen atoms in total. The lowest BCUT2D eigenvalue weighted by Gasteiger charge is -2.03. The summed E-state index contributed by atoms with van der Waals surface area (Å²) in [5.41, 5.74) is 7.53. The molecule has 0 saturated heterocycles. The van der Waals surface area contributed by atoms with Crippen molar-refractivity contribution in [2.45, 2.75) is 11.9 Å². The Hall–Kier alpha value is -1.29. The van der Waals surface area contributed by atoms with Crippen molar-refractivity contribution < 1.29 is 0 Å². The normalized spacial score (nSPS) is 10.6. The van der Waals surface area contributed by atoms with Crippen LogP contribution in [0.15, 0.2) is 29.3 Å². The number of anilines is 1. The highest BCUT2D eigenvalue weighted by Crippen LogP contribution is 2.23. The van der Waals surface area contributed by atoms with Crippen molar-refractivity contribution in [1.82, 2.24) is 9.97 Å². The first-order chi connectivity index (χ1) is 6.81. The van der Waals surface area contributed by atoms with Crippen LogP contribution in [0.3, 0.4) is 0 Å². The average Bonchev–Trinajstić information content (AvgIpc) is 2.19. The first-order valence-electron chi connectivity index (χ1n) is 4.46. The summed E-state index contributed by atoms with van der Waals surface area (Å²) in [6, 6.07) is 7.75. The monoisotopic (exact) mass is 205 g/mol. The molecule has 0 radical (unpaired) electrons. The second-order valence-electron chi connectivity index (χ2n) is 2.84. The summed E-state index contributed by atoms with van der Waals surface area (Å²) in [5.74, 6) is 1.48. The zero-order valence-electron chi connectivity index (χ0n) is 7.90. The number of hydrogen-bond donors (Lipinski definition) is 1. The standard InChI is InChI=1S/C10H11N3S/c1-2-14-10-9(11)12-7-5-3-4-6-8(7)13-10/h3-6H,2H2,1H3,(H2,11,12). The minimum Gasteiger partial charge on any atom is -0.381 e. The number of para-hydroxylation sites is 2. The molecule has 1 aromatic carbocycles. The summed E-state index contributed by atoms with van der Waals surface area (Å²) in [4.78, 5) is 8.73. The Morgan fingerprint density at radius 3 is 2.50 bits per heavy atom. The molecule has 14 heavy (non-hydrogen) atoms. The van der Waals surface area contributed by atoms with Gasteiger partial charge in [0.1, 0.15) is 5.03 Å². The van der Waals surface area contributed by atoms with Gasteiger partial charge in [0.05, 0.1) is 11.0 Å². The van der Waals surface area contributed by atoms with E-state index in [-0.39, 0.29) is 0 Å². The van der Waals surface area contributed by atoms with E-state index in [0.29, 0.717) is 5.82 Å². The Labute approximate surface area is 86.7 Å². The minimum absolute atomic E-state index is 0.524. The molecule has 2 N–H and O–H groups in total. The summed E-state index contributed by atoms with van der Waals surface area (Å²) in [5, 5.41) is 0.825. The van der Waals surface area contributed by atoms with Crippen LogP contribution in [0.2, 0.25) is 0 Å². The Morgan fingerprint density at radius 1 is 1.21 bits per heavy atom. The molecule has 4 heteroatoms. The van der Waals surface area contributed by atoms with Gasteiger partial charge >= 0.3 is 0 Å².